The van der Waals surface area contributed by atoms with E-state index in [2.05, 4.69) is 67.8 Å². The van der Waals surface area contributed by atoms with E-state index in [0.29, 0.717) is 0 Å². The molecule has 0 aromatic rings. The fourth-order valence-corrected chi connectivity index (χ4v) is 2.94. The molecular formula is C7H18F3N3S2. The average Bonchev–Trinajstić information content (AvgIpc) is 1.77. The summed E-state index contributed by atoms with van der Waals surface area (Å²) in [5, 5.41) is 0. The zero-order valence-electron chi connectivity index (χ0n) is 9.79. The lowest BCUT2D eigenvalue weighted by molar-refractivity contribution is -0.0315. The van der Waals surface area contributed by atoms with Crippen molar-refractivity contribution in [1.82, 2.24) is 12.9 Å². The molecule has 0 aliphatic heterocycles. The van der Waals surface area contributed by atoms with Gasteiger partial charge in [-0.3, -0.25) is 0 Å². The standard InChI is InChI=1S/C6H18N3S.CHF3S/c1-7(2)10(8(3)4)9(5)6;2-1(3,4)5/h1-6H3;5H/q+1;/p-1. The highest BCUT2D eigenvalue weighted by Gasteiger charge is 2.29. The molecule has 0 rings (SSSR count). The van der Waals surface area contributed by atoms with Crippen LogP contribution in [0.2, 0.25) is 0 Å². The highest BCUT2D eigenvalue weighted by Crippen LogP contribution is 2.08. The minimum Gasteiger partial charge on any atom is -0.680 e. The van der Waals surface area contributed by atoms with Crippen LogP contribution in [0.25, 0.3) is 0 Å². The molecule has 0 heterocycles. The van der Waals surface area contributed by atoms with Gasteiger partial charge in [-0.2, -0.15) is 13.2 Å². The predicted octanol–water partition coefficient (Wildman–Crippen LogP) is 1.09. The summed E-state index contributed by atoms with van der Waals surface area (Å²) in [6, 6.07) is 0. The smallest absolute Gasteiger partial charge is 0.276 e. The lowest BCUT2D eigenvalue weighted by Gasteiger charge is -2.20. The highest BCUT2D eigenvalue weighted by molar-refractivity contribution is 7.90. The first-order valence-corrected chi connectivity index (χ1v) is 5.51. The molecule has 0 spiro atoms. The fourth-order valence-electron chi connectivity index (χ4n) is 0.980. The molecule has 94 valence electrons. The molecule has 3 nitrogen and oxygen atoms in total. The summed E-state index contributed by atoms with van der Waals surface area (Å²) in [4.78, 5) is 0. The van der Waals surface area contributed by atoms with Gasteiger partial charge in [0.05, 0.1) is 0 Å². The summed E-state index contributed by atoms with van der Waals surface area (Å²) in [5.74, 6) is 0. The van der Waals surface area contributed by atoms with Crippen molar-refractivity contribution in [2.24, 2.45) is 0 Å². The van der Waals surface area contributed by atoms with Crippen LogP contribution in [0.1, 0.15) is 0 Å². The maximum Gasteiger partial charge on any atom is 0.276 e. The molecule has 0 fully saturated rings. The van der Waals surface area contributed by atoms with Crippen LogP contribution in [0.3, 0.4) is 0 Å². The largest absolute Gasteiger partial charge is 0.680 e. The van der Waals surface area contributed by atoms with Gasteiger partial charge in [0.25, 0.3) is 17.0 Å². The molecule has 0 aliphatic rings. The minimum absolute atomic E-state index is 0.120. The third-order valence-corrected chi connectivity index (χ3v) is 2.94. The maximum atomic E-state index is 10.2. The fraction of sp³-hybridized carbons (Fsp3) is 1.00. The SMILES string of the molecule is CN(C)[S+](N(C)C)N(C)C.FC(F)(F)[S-]. The molecule has 0 aromatic carbocycles. The lowest BCUT2D eigenvalue weighted by atomic mass is 11.2. The lowest BCUT2D eigenvalue weighted by Crippen LogP contribution is -2.44. The maximum absolute atomic E-state index is 10.2. The van der Waals surface area contributed by atoms with Crippen molar-refractivity contribution in [3.8, 4) is 0 Å². The van der Waals surface area contributed by atoms with Crippen LogP contribution >= 0.6 is 0 Å². The van der Waals surface area contributed by atoms with Gasteiger partial charge in [0, 0.05) is 42.3 Å². The summed E-state index contributed by atoms with van der Waals surface area (Å²) in [6.45, 7) is 0. The molecule has 0 aliphatic carbocycles. The van der Waals surface area contributed by atoms with E-state index in [1.54, 1.807) is 0 Å². The molecule has 0 unspecified atom stereocenters. The number of hydrogen-bond acceptors (Lipinski definition) is 4. The van der Waals surface area contributed by atoms with Crippen LogP contribution in [0.5, 0.6) is 0 Å². The third-order valence-electron chi connectivity index (χ3n) is 0.980. The van der Waals surface area contributed by atoms with Crippen LogP contribution in [-0.2, 0) is 24.1 Å². The molecule has 15 heavy (non-hydrogen) atoms. The molecule has 0 N–H and O–H groups in total. The van der Waals surface area contributed by atoms with Crippen molar-refractivity contribution >= 4 is 24.1 Å². The molecule has 0 saturated carbocycles. The third kappa shape index (κ3) is 14.4. The van der Waals surface area contributed by atoms with Crippen LogP contribution in [0, 0.1) is 0 Å². The Morgan fingerprint density at radius 3 is 0.933 bits per heavy atom. The van der Waals surface area contributed by atoms with Crippen LogP contribution in [0.4, 0.5) is 13.2 Å². The van der Waals surface area contributed by atoms with Crippen molar-refractivity contribution in [3.05, 3.63) is 0 Å². The van der Waals surface area contributed by atoms with Gasteiger partial charge in [-0.15, -0.1) is 0 Å². The summed E-state index contributed by atoms with van der Waals surface area (Å²) in [6.07, 6.45) is 0. The Hall–Kier alpha value is 0.370. The molecule has 0 saturated heterocycles. The van der Waals surface area contributed by atoms with Crippen molar-refractivity contribution in [1.29, 1.82) is 0 Å². The predicted molar refractivity (Wildman–Crippen MR) is 61.8 cm³/mol. The van der Waals surface area contributed by atoms with E-state index in [1.807, 2.05) is 0 Å². The second kappa shape index (κ2) is 7.61. The van der Waals surface area contributed by atoms with Gasteiger partial charge < -0.3 is 12.6 Å². The summed E-state index contributed by atoms with van der Waals surface area (Å²) < 4.78 is 37.1. The average molecular weight is 265 g/mol. The van der Waals surface area contributed by atoms with Gasteiger partial charge >= 0.3 is 0 Å². The van der Waals surface area contributed by atoms with Gasteiger partial charge in [-0.1, -0.05) is 12.9 Å². The molecule has 0 aromatic heterocycles. The highest BCUT2D eigenvalue weighted by atomic mass is 32.2. The topological polar surface area (TPSA) is 9.72 Å². The normalized spacial score (nSPS) is 12.4. The van der Waals surface area contributed by atoms with Crippen molar-refractivity contribution in [2.45, 2.75) is 5.51 Å². The first-order valence-electron chi connectivity index (χ1n) is 4.00. The van der Waals surface area contributed by atoms with Crippen molar-refractivity contribution < 1.29 is 13.2 Å². The van der Waals surface area contributed by atoms with E-state index >= 15 is 0 Å². The molecule has 0 amide bonds. The summed E-state index contributed by atoms with van der Waals surface area (Å²) in [5.41, 5.74) is -4.42. The Bertz CT molecular complexity index is 137. The number of halogens is 3. The summed E-state index contributed by atoms with van der Waals surface area (Å²) in [7, 11) is 12.5. The quantitative estimate of drug-likeness (QED) is 0.558. The van der Waals surface area contributed by atoms with Crippen LogP contribution in [-0.4, -0.2) is 60.7 Å². The molecule has 8 heteroatoms. The molecule has 0 radical (unpaired) electrons. The Balaban J connectivity index is 0. The van der Waals surface area contributed by atoms with E-state index in [-0.39, 0.29) is 11.5 Å². The zero-order chi connectivity index (χ0) is 12.8. The van der Waals surface area contributed by atoms with Crippen molar-refractivity contribution in [3.63, 3.8) is 0 Å². The van der Waals surface area contributed by atoms with E-state index in [0.717, 1.165) is 0 Å². The first kappa shape index (κ1) is 17.8. The van der Waals surface area contributed by atoms with Crippen LogP contribution < -0.4 is 0 Å². The molecule has 0 atom stereocenters. The van der Waals surface area contributed by atoms with Gasteiger partial charge in [-0.05, 0) is 0 Å². The first-order chi connectivity index (χ1) is 6.46. The van der Waals surface area contributed by atoms with Gasteiger partial charge in [0.1, 0.15) is 0 Å². The van der Waals surface area contributed by atoms with Gasteiger partial charge in [-0.25, -0.2) is 0 Å². The molecule has 0 bridgehead atoms. The van der Waals surface area contributed by atoms with E-state index < -0.39 is 5.51 Å². The zero-order valence-corrected chi connectivity index (χ0v) is 11.4. The van der Waals surface area contributed by atoms with Gasteiger partial charge in [0.15, 0.2) is 0 Å². The Kier molecular flexibility index (Phi) is 9.01. The Morgan fingerprint density at radius 2 is 0.933 bits per heavy atom. The number of alkyl halides is 3. The second-order valence-corrected chi connectivity index (χ2v) is 6.27. The number of rotatable bonds is 3. The monoisotopic (exact) mass is 265 g/mol. The Labute approximate surface area is 98.4 Å². The minimum atomic E-state index is -4.42. The molecular weight excluding hydrogens is 247 g/mol. The van der Waals surface area contributed by atoms with Crippen LogP contribution in [0.15, 0.2) is 0 Å². The number of hydrogen-bond donors (Lipinski definition) is 0. The number of nitrogens with zero attached hydrogens (tertiary/aromatic N) is 3. The van der Waals surface area contributed by atoms with E-state index in [1.165, 1.54) is 0 Å². The van der Waals surface area contributed by atoms with E-state index in [4.69, 9.17) is 0 Å². The Morgan fingerprint density at radius 1 is 0.800 bits per heavy atom. The van der Waals surface area contributed by atoms with Gasteiger partial charge in [0.2, 0.25) is 0 Å². The summed E-state index contributed by atoms with van der Waals surface area (Å²) >= 11 is 2.95. The van der Waals surface area contributed by atoms with Crippen molar-refractivity contribution in [2.75, 3.05) is 42.3 Å². The second-order valence-electron chi connectivity index (χ2n) is 3.13. The van der Waals surface area contributed by atoms with E-state index in [9.17, 15) is 13.2 Å².